The van der Waals surface area contributed by atoms with Crippen LogP contribution in [0.15, 0.2) is 0 Å². The fourth-order valence-corrected chi connectivity index (χ4v) is 2.42. The fraction of sp³-hybridized carbons (Fsp3) is 0.909. The van der Waals surface area contributed by atoms with Crippen LogP contribution < -0.4 is 0 Å². The molecule has 1 atom stereocenters. The van der Waals surface area contributed by atoms with Crippen LogP contribution in [-0.2, 0) is 4.79 Å². The van der Waals surface area contributed by atoms with E-state index in [-0.39, 0.29) is 5.92 Å². The van der Waals surface area contributed by atoms with Crippen molar-refractivity contribution in [3.05, 3.63) is 0 Å². The normalized spacial score (nSPS) is 16.3. The van der Waals surface area contributed by atoms with Gasteiger partial charge in [0.25, 0.3) is 0 Å². The van der Waals surface area contributed by atoms with Gasteiger partial charge in [0.15, 0.2) is 0 Å². The van der Waals surface area contributed by atoms with E-state index in [9.17, 15) is 9.90 Å². The minimum atomic E-state index is -1.10. The molecule has 0 radical (unpaired) electrons. The number of likely N-dealkylation sites (N-methyl/N-ethyl adjacent to an activating group) is 1. The maximum atomic E-state index is 11.8. The van der Waals surface area contributed by atoms with Crippen LogP contribution in [0.4, 0.5) is 0 Å². The third kappa shape index (κ3) is 2.77. The van der Waals surface area contributed by atoms with E-state index < -0.39 is 11.6 Å². The van der Waals surface area contributed by atoms with Crippen LogP contribution in [0.25, 0.3) is 0 Å². The topological polar surface area (TPSA) is 50.3 Å². The molecule has 0 aliphatic heterocycles. The molecule has 102 valence electrons. The van der Waals surface area contributed by atoms with Crippen LogP contribution in [0.5, 0.6) is 0 Å². The maximum Gasteiger partial charge on any atom is 0.342 e. The molecule has 0 saturated carbocycles. The lowest BCUT2D eigenvalue weighted by Crippen LogP contribution is -2.72. The number of carbonyl (C=O) groups is 1. The van der Waals surface area contributed by atoms with Crippen LogP contribution in [0.3, 0.4) is 0 Å². The van der Waals surface area contributed by atoms with Crippen LogP contribution in [0.2, 0.25) is 0 Å². The summed E-state index contributed by atoms with van der Waals surface area (Å²) in [6, 6.07) is 0. The second-order valence-corrected chi connectivity index (χ2v) is 5.06. The first-order valence-electron chi connectivity index (χ1n) is 5.65. The summed E-state index contributed by atoms with van der Waals surface area (Å²) >= 11 is 0. The van der Waals surface area contributed by atoms with Gasteiger partial charge < -0.3 is 5.11 Å². The zero-order chi connectivity index (χ0) is 14.0. The van der Waals surface area contributed by atoms with Gasteiger partial charge in [0.1, 0.15) is 0 Å². The van der Waals surface area contributed by atoms with Crippen LogP contribution >= 0.6 is 0 Å². The van der Waals surface area contributed by atoms with E-state index in [4.69, 9.17) is 0 Å². The number of hydrogen-bond donors (Lipinski definition) is 1. The lowest BCUT2D eigenvalue weighted by molar-refractivity contribution is -0.264. The highest BCUT2D eigenvalue weighted by atomic mass is 16.4. The zero-order valence-corrected chi connectivity index (χ0v) is 12.2. The smallest absolute Gasteiger partial charge is 0.342 e. The largest absolute Gasteiger partial charge is 0.479 e. The van der Waals surface area contributed by atoms with Crippen LogP contribution in [-0.4, -0.2) is 79.1 Å². The van der Waals surface area contributed by atoms with Crippen molar-refractivity contribution in [2.45, 2.75) is 19.5 Å². The molecule has 0 bridgehead atoms. The Morgan fingerprint density at radius 3 is 1.41 bits per heavy atom. The molecule has 0 spiro atoms. The average Bonchev–Trinajstić information content (AvgIpc) is 2.09. The number of carboxylic acid groups (broad SMARTS) is 1. The molecule has 0 saturated heterocycles. The molecule has 0 aromatic heterocycles. The molecular weight excluding hydrogens is 220 g/mol. The van der Waals surface area contributed by atoms with Crippen molar-refractivity contribution in [1.29, 1.82) is 0 Å². The van der Waals surface area contributed by atoms with E-state index >= 15 is 0 Å². The van der Waals surface area contributed by atoms with E-state index in [1.165, 1.54) is 0 Å². The Hall–Kier alpha value is -0.690. The zero-order valence-electron chi connectivity index (χ0n) is 12.2. The van der Waals surface area contributed by atoms with E-state index in [0.717, 1.165) is 0 Å². The lowest BCUT2D eigenvalue weighted by atomic mass is 9.94. The Morgan fingerprint density at radius 1 is 1.00 bits per heavy atom. The quantitative estimate of drug-likeness (QED) is 0.535. The highest BCUT2D eigenvalue weighted by molar-refractivity contribution is 5.78. The molecule has 0 amide bonds. The summed E-state index contributed by atoms with van der Waals surface area (Å²) in [6.45, 7) is 3.82. The number of aliphatic carboxylic acids is 1. The molecule has 1 unspecified atom stereocenters. The highest BCUT2D eigenvalue weighted by Crippen LogP contribution is 2.29. The first-order chi connectivity index (χ1) is 7.59. The second kappa shape index (κ2) is 5.77. The molecule has 0 aromatic rings. The standard InChI is InChI=1S/C11H26N4O2/c1-9(2)11(10(16)17,12(3)4)15(13(5)6)14(7)8/h9H,1-8H3,(H,16,17). The molecule has 6 nitrogen and oxygen atoms in total. The van der Waals surface area contributed by atoms with Crippen LogP contribution in [0.1, 0.15) is 13.8 Å². The third-order valence-corrected chi connectivity index (χ3v) is 2.86. The molecule has 0 aliphatic rings. The number of hydrazine groups is 2. The summed E-state index contributed by atoms with van der Waals surface area (Å²) in [6.07, 6.45) is 0. The minimum Gasteiger partial charge on any atom is -0.479 e. The van der Waals surface area contributed by atoms with Crippen molar-refractivity contribution in [2.24, 2.45) is 5.92 Å². The molecular formula is C11H26N4O2. The molecule has 0 aromatic carbocycles. The number of nitrogens with zero attached hydrogens (tertiary/aromatic N) is 4. The molecule has 6 heteroatoms. The number of carboxylic acids is 1. The Morgan fingerprint density at radius 2 is 1.35 bits per heavy atom. The van der Waals surface area contributed by atoms with E-state index in [1.54, 1.807) is 34.1 Å². The lowest BCUT2D eigenvalue weighted by Gasteiger charge is -2.51. The number of rotatable bonds is 6. The highest BCUT2D eigenvalue weighted by Gasteiger charge is 2.51. The molecule has 17 heavy (non-hydrogen) atoms. The van der Waals surface area contributed by atoms with Crippen molar-refractivity contribution in [3.63, 3.8) is 0 Å². The molecule has 1 N–H and O–H groups in total. The van der Waals surface area contributed by atoms with Crippen molar-refractivity contribution in [2.75, 3.05) is 42.3 Å². The van der Waals surface area contributed by atoms with Crippen molar-refractivity contribution in [1.82, 2.24) is 20.0 Å². The fourth-order valence-electron chi connectivity index (χ4n) is 2.42. The van der Waals surface area contributed by atoms with Gasteiger partial charge in [-0.15, -0.1) is 5.12 Å². The van der Waals surface area contributed by atoms with Gasteiger partial charge in [0.2, 0.25) is 5.66 Å². The monoisotopic (exact) mass is 246 g/mol. The van der Waals surface area contributed by atoms with Gasteiger partial charge in [-0.1, -0.05) is 13.8 Å². The Balaban J connectivity index is 5.79. The predicted octanol–water partition coefficient (Wildman–Crippen LogP) is 0.240. The maximum absolute atomic E-state index is 11.8. The van der Waals surface area contributed by atoms with E-state index in [2.05, 4.69) is 0 Å². The van der Waals surface area contributed by atoms with Gasteiger partial charge >= 0.3 is 5.97 Å². The minimum absolute atomic E-state index is 0.0835. The van der Waals surface area contributed by atoms with E-state index in [1.807, 2.05) is 42.0 Å². The SMILES string of the molecule is CC(C)C(C(=O)O)(N(C)C)N(N(C)C)N(C)C. The molecule has 0 aliphatic carbocycles. The third-order valence-electron chi connectivity index (χ3n) is 2.86. The summed E-state index contributed by atoms with van der Waals surface area (Å²) < 4.78 is 0. The predicted molar refractivity (Wildman–Crippen MR) is 68.1 cm³/mol. The van der Waals surface area contributed by atoms with Gasteiger partial charge in [0.05, 0.1) is 0 Å². The number of hydrogen-bond acceptors (Lipinski definition) is 5. The van der Waals surface area contributed by atoms with Gasteiger partial charge in [0, 0.05) is 28.2 Å². The van der Waals surface area contributed by atoms with Gasteiger partial charge in [-0.2, -0.15) is 0 Å². The van der Waals surface area contributed by atoms with Gasteiger partial charge in [-0.05, 0) is 20.0 Å². The molecule has 0 heterocycles. The molecule has 0 fully saturated rings. The summed E-state index contributed by atoms with van der Waals surface area (Å²) in [5, 5.41) is 15.0. The first kappa shape index (κ1) is 16.3. The summed E-state index contributed by atoms with van der Waals surface area (Å²) in [5.41, 5.74) is -1.10. The second-order valence-electron chi connectivity index (χ2n) is 5.06. The van der Waals surface area contributed by atoms with Gasteiger partial charge in [-0.25, -0.2) is 14.8 Å². The van der Waals surface area contributed by atoms with Gasteiger partial charge in [-0.3, -0.25) is 4.90 Å². The Kier molecular flexibility index (Phi) is 5.54. The molecule has 0 rings (SSSR count). The first-order valence-corrected chi connectivity index (χ1v) is 5.65. The summed E-state index contributed by atoms with van der Waals surface area (Å²) in [7, 11) is 10.9. The van der Waals surface area contributed by atoms with Crippen LogP contribution in [0, 0.1) is 5.92 Å². The van der Waals surface area contributed by atoms with Crippen molar-refractivity contribution < 1.29 is 9.90 Å². The Bertz CT molecular complexity index is 248. The summed E-state index contributed by atoms with van der Waals surface area (Å²) in [4.78, 5) is 13.6. The van der Waals surface area contributed by atoms with E-state index in [0.29, 0.717) is 0 Å². The summed E-state index contributed by atoms with van der Waals surface area (Å²) in [5.74, 6) is -0.945. The van der Waals surface area contributed by atoms with Crippen molar-refractivity contribution in [3.8, 4) is 0 Å². The van der Waals surface area contributed by atoms with Crippen molar-refractivity contribution >= 4 is 5.97 Å². The Labute approximate surface area is 104 Å². The average molecular weight is 246 g/mol.